The lowest BCUT2D eigenvalue weighted by atomic mass is 10.3. The summed E-state index contributed by atoms with van der Waals surface area (Å²) in [6.07, 6.45) is 1.53. The van der Waals surface area contributed by atoms with Gasteiger partial charge >= 0.3 is 0 Å². The number of para-hydroxylation sites is 2. The Morgan fingerprint density at radius 3 is 2.62 bits per heavy atom. The van der Waals surface area contributed by atoms with Crippen LogP contribution in [0, 0.1) is 0 Å². The smallest absolute Gasteiger partial charge is 0.257 e. The fourth-order valence-corrected chi connectivity index (χ4v) is 3.26. The molecule has 0 aliphatic heterocycles. The molecule has 1 heterocycles. The molecular weight excluding hydrogens is 356 g/mol. The fourth-order valence-electron chi connectivity index (χ4n) is 2.40. The van der Waals surface area contributed by atoms with Crippen LogP contribution in [0.2, 0.25) is 0 Å². The van der Waals surface area contributed by atoms with Crippen LogP contribution in [0.1, 0.15) is 6.92 Å². The number of rotatable bonds is 7. The SMILES string of the molecule is CCOc1ccc(S(=O)(=O)NNC(=O)Cn2cnc3ccccc32)cc1. The highest BCUT2D eigenvalue weighted by atomic mass is 32.2. The lowest BCUT2D eigenvalue weighted by molar-refractivity contribution is -0.122. The van der Waals surface area contributed by atoms with Crippen LogP contribution in [0.4, 0.5) is 0 Å². The third kappa shape index (κ3) is 4.01. The van der Waals surface area contributed by atoms with Gasteiger partial charge < -0.3 is 9.30 Å². The number of carbonyl (C=O) groups is 1. The molecule has 1 aromatic heterocycles. The molecule has 0 atom stereocenters. The molecule has 2 N–H and O–H groups in total. The number of carbonyl (C=O) groups excluding carboxylic acids is 1. The largest absolute Gasteiger partial charge is 0.494 e. The van der Waals surface area contributed by atoms with Crippen LogP contribution < -0.4 is 15.0 Å². The van der Waals surface area contributed by atoms with Crippen LogP contribution in [-0.4, -0.2) is 30.5 Å². The molecule has 3 rings (SSSR count). The summed E-state index contributed by atoms with van der Waals surface area (Å²) in [7, 11) is -3.87. The predicted octanol–water partition coefficient (Wildman–Crippen LogP) is 1.44. The summed E-state index contributed by atoms with van der Waals surface area (Å²) in [5.74, 6) is 0.0603. The van der Waals surface area contributed by atoms with E-state index in [1.165, 1.54) is 18.5 Å². The van der Waals surface area contributed by atoms with Crippen molar-refractivity contribution in [3.05, 3.63) is 54.9 Å². The first-order valence-electron chi connectivity index (χ1n) is 7.93. The number of ether oxygens (including phenoxy) is 1. The summed E-state index contributed by atoms with van der Waals surface area (Å²) in [6.45, 7) is 2.26. The fraction of sp³-hybridized carbons (Fsp3) is 0.176. The maximum absolute atomic E-state index is 12.2. The van der Waals surface area contributed by atoms with Gasteiger partial charge in [-0.2, -0.15) is 0 Å². The molecule has 0 saturated heterocycles. The van der Waals surface area contributed by atoms with Crippen LogP contribution in [0.5, 0.6) is 5.75 Å². The topological polar surface area (TPSA) is 102 Å². The summed E-state index contributed by atoms with van der Waals surface area (Å²) in [6, 6.07) is 13.3. The molecule has 26 heavy (non-hydrogen) atoms. The second-order valence-electron chi connectivity index (χ2n) is 5.42. The van der Waals surface area contributed by atoms with E-state index in [0.717, 1.165) is 11.0 Å². The molecule has 8 nitrogen and oxygen atoms in total. The van der Waals surface area contributed by atoms with Crippen molar-refractivity contribution in [2.45, 2.75) is 18.4 Å². The summed E-state index contributed by atoms with van der Waals surface area (Å²) in [4.78, 5) is 18.4. The zero-order chi connectivity index (χ0) is 18.6. The molecule has 0 aliphatic carbocycles. The Hall–Kier alpha value is -2.91. The highest BCUT2D eigenvalue weighted by Gasteiger charge is 2.15. The van der Waals surface area contributed by atoms with Gasteiger partial charge in [0.05, 0.1) is 28.9 Å². The number of hydrogen-bond acceptors (Lipinski definition) is 5. The zero-order valence-corrected chi connectivity index (χ0v) is 14.9. The second kappa shape index (κ2) is 7.54. The van der Waals surface area contributed by atoms with E-state index in [9.17, 15) is 13.2 Å². The van der Waals surface area contributed by atoms with E-state index >= 15 is 0 Å². The number of sulfonamides is 1. The van der Waals surface area contributed by atoms with E-state index in [1.807, 2.05) is 31.2 Å². The van der Waals surface area contributed by atoms with E-state index in [4.69, 9.17) is 4.74 Å². The van der Waals surface area contributed by atoms with Gasteiger partial charge in [-0.25, -0.2) is 13.4 Å². The molecule has 0 aliphatic rings. The first-order chi connectivity index (χ1) is 12.5. The van der Waals surface area contributed by atoms with Crippen molar-refractivity contribution in [1.82, 2.24) is 19.8 Å². The third-order valence-electron chi connectivity index (χ3n) is 3.61. The average molecular weight is 374 g/mol. The van der Waals surface area contributed by atoms with Crippen LogP contribution in [0.25, 0.3) is 11.0 Å². The molecule has 1 amide bonds. The van der Waals surface area contributed by atoms with Crippen LogP contribution >= 0.6 is 0 Å². The van der Waals surface area contributed by atoms with Crippen molar-refractivity contribution >= 4 is 27.0 Å². The van der Waals surface area contributed by atoms with Gasteiger partial charge in [-0.3, -0.25) is 10.2 Å². The lowest BCUT2D eigenvalue weighted by Gasteiger charge is -2.10. The number of aromatic nitrogens is 2. The Morgan fingerprint density at radius 2 is 1.88 bits per heavy atom. The van der Waals surface area contributed by atoms with Gasteiger partial charge in [-0.1, -0.05) is 12.1 Å². The maximum Gasteiger partial charge on any atom is 0.257 e. The van der Waals surface area contributed by atoms with Crippen molar-refractivity contribution in [3.8, 4) is 5.75 Å². The van der Waals surface area contributed by atoms with Crippen LogP contribution in [-0.2, 0) is 21.4 Å². The van der Waals surface area contributed by atoms with Crippen LogP contribution in [0.3, 0.4) is 0 Å². The van der Waals surface area contributed by atoms with Crippen molar-refractivity contribution in [2.75, 3.05) is 6.61 Å². The van der Waals surface area contributed by atoms with Gasteiger partial charge in [0, 0.05) is 0 Å². The first kappa shape index (κ1) is 17.9. The van der Waals surface area contributed by atoms with Crippen LogP contribution in [0.15, 0.2) is 59.8 Å². The Bertz CT molecular complexity index is 1010. The minimum Gasteiger partial charge on any atom is -0.494 e. The third-order valence-corrected chi connectivity index (χ3v) is 4.87. The Balaban J connectivity index is 1.62. The molecule has 0 spiro atoms. The molecule has 0 fully saturated rings. The molecule has 0 radical (unpaired) electrons. The van der Waals surface area contributed by atoms with Crippen molar-refractivity contribution in [1.29, 1.82) is 0 Å². The van der Waals surface area contributed by atoms with E-state index in [0.29, 0.717) is 12.4 Å². The summed E-state index contributed by atoms with van der Waals surface area (Å²) in [5, 5.41) is 0. The maximum atomic E-state index is 12.2. The summed E-state index contributed by atoms with van der Waals surface area (Å²) < 4.78 is 31.4. The summed E-state index contributed by atoms with van der Waals surface area (Å²) in [5.41, 5.74) is 3.76. The number of fused-ring (bicyclic) bond motifs is 1. The van der Waals surface area contributed by atoms with Crippen molar-refractivity contribution in [2.24, 2.45) is 0 Å². The van der Waals surface area contributed by atoms with E-state index in [-0.39, 0.29) is 11.4 Å². The highest BCUT2D eigenvalue weighted by Crippen LogP contribution is 2.15. The highest BCUT2D eigenvalue weighted by molar-refractivity contribution is 7.89. The number of imidazole rings is 1. The molecule has 3 aromatic rings. The minimum atomic E-state index is -3.87. The number of nitrogens with one attached hydrogen (secondary N) is 2. The van der Waals surface area contributed by atoms with E-state index in [2.05, 4.69) is 15.2 Å². The molecular formula is C17H18N4O4S. The first-order valence-corrected chi connectivity index (χ1v) is 9.41. The van der Waals surface area contributed by atoms with E-state index < -0.39 is 15.9 Å². The number of nitrogens with zero attached hydrogens (tertiary/aromatic N) is 2. The molecule has 9 heteroatoms. The molecule has 136 valence electrons. The van der Waals surface area contributed by atoms with Gasteiger partial charge in [0.15, 0.2) is 0 Å². The Morgan fingerprint density at radius 1 is 1.15 bits per heavy atom. The van der Waals surface area contributed by atoms with Crippen molar-refractivity contribution in [3.63, 3.8) is 0 Å². The number of hydrogen-bond donors (Lipinski definition) is 2. The van der Waals surface area contributed by atoms with Gasteiger partial charge in [0.1, 0.15) is 12.3 Å². The lowest BCUT2D eigenvalue weighted by Crippen LogP contribution is -2.43. The molecule has 0 unspecified atom stereocenters. The Labute approximate surface area is 150 Å². The van der Waals surface area contributed by atoms with Crippen molar-refractivity contribution < 1.29 is 17.9 Å². The number of amides is 1. The minimum absolute atomic E-state index is 0.0225. The number of benzene rings is 2. The molecule has 2 aromatic carbocycles. The molecule has 0 saturated carbocycles. The second-order valence-corrected chi connectivity index (χ2v) is 7.10. The predicted molar refractivity (Wildman–Crippen MR) is 95.8 cm³/mol. The molecule has 0 bridgehead atoms. The van der Waals surface area contributed by atoms with E-state index in [1.54, 1.807) is 16.7 Å². The Kier molecular flexibility index (Phi) is 5.19. The standard InChI is InChI=1S/C17H18N4O4S/c1-2-25-13-7-9-14(10-8-13)26(23,24)20-19-17(22)11-21-12-18-15-5-3-4-6-16(15)21/h3-10,12,20H,2,11H2,1H3,(H,19,22). The number of hydrazine groups is 1. The zero-order valence-electron chi connectivity index (χ0n) is 14.0. The van der Waals surface area contributed by atoms with Gasteiger partial charge in [-0.15, -0.1) is 4.83 Å². The summed E-state index contributed by atoms with van der Waals surface area (Å²) >= 11 is 0. The van der Waals surface area contributed by atoms with Gasteiger partial charge in [0.25, 0.3) is 15.9 Å². The average Bonchev–Trinajstić information content (AvgIpc) is 3.04. The van der Waals surface area contributed by atoms with Gasteiger partial charge in [-0.05, 0) is 43.3 Å². The quantitative estimate of drug-likeness (QED) is 0.609. The van der Waals surface area contributed by atoms with Gasteiger partial charge in [0.2, 0.25) is 0 Å². The normalized spacial score (nSPS) is 11.4. The monoisotopic (exact) mass is 374 g/mol.